The van der Waals surface area contributed by atoms with Crippen molar-refractivity contribution < 1.29 is 13.9 Å². The molecule has 1 atom stereocenters. The van der Waals surface area contributed by atoms with E-state index in [4.69, 9.17) is 10.5 Å². The zero-order valence-corrected chi connectivity index (χ0v) is 11.1. The number of ether oxygens (including phenoxy) is 1. The van der Waals surface area contributed by atoms with Gasteiger partial charge in [-0.05, 0) is 36.6 Å². The average Bonchev–Trinajstić information content (AvgIpc) is 2.88. The smallest absolute Gasteiger partial charge is 0.227 e. The zero-order valence-electron chi connectivity index (χ0n) is 11.1. The number of rotatable bonds is 4. The minimum atomic E-state index is -0.436. The van der Waals surface area contributed by atoms with E-state index in [-0.39, 0.29) is 18.1 Å². The van der Waals surface area contributed by atoms with Crippen molar-refractivity contribution in [3.05, 3.63) is 29.6 Å². The molecule has 1 aromatic carbocycles. The van der Waals surface area contributed by atoms with Crippen molar-refractivity contribution in [2.45, 2.75) is 12.8 Å². The Labute approximate surface area is 112 Å². The van der Waals surface area contributed by atoms with E-state index in [1.807, 2.05) is 0 Å². The number of amides is 1. The molecule has 19 heavy (non-hydrogen) atoms. The highest BCUT2D eigenvalue weighted by Crippen LogP contribution is 2.20. The molecule has 2 rings (SSSR count). The van der Waals surface area contributed by atoms with E-state index in [0.717, 1.165) is 13.0 Å². The van der Waals surface area contributed by atoms with Crippen molar-refractivity contribution in [2.75, 3.05) is 26.7 Å². The van der Waals surface area contributed by atoms with Crippen molar-refractivity contribution in [3.8, 4) is 5.75 Å². The summed E-state index contributed by atoms with van der Waals surface area (Å²) in [6.45, 7) is 2.08. The molecule has 1 fully saturated rings. The number of benzene rings is 1. The van der Waals surface area contributed by atoms with E-state index in [0.29, 0.717) is 24.6 Å². The lowest BCUT2D eigenvalue weighted by Gasteiger charge is -2.16. The fourth-order valence-corrected chi connectivity index (χ4v) is 2.36. The lowest BCUT2D eigenvalue weighted by molar-refractivity contribution is -0.129. The number of nitrogens with zero attached hydrogens (tertiary/aromatic N) is 1. The summed E-state index contributed by atoms with van der Waals surface area (Å²) in [5.41, 5.74) is 6.27. The molecule has 0 aromatic heterocycles. The van der Waals surface area contributed by atoms with Crippen molar-refractivity contribution >= 4 is 5.91 Å². The Kier molecular flexibility index (Phi) is 4.37. The molecule has 1 saturated heterocycles. The van der Waals surface area contributed by atoms with Gasteiger partial charge in [0.15, 0.2) is 11.6 Å². The van der Waals surface area contributed by atoms with Crippen LogP contribution in [0.3, 0.4) is 0 Å². The molecule has 1 heterocycles. The minimum Gasteiger partial charge on any atom is -0.494 e. The number of likely N-dealkylation sites (tertiary alicyclic amines) is 1. The molecule has 1 unspecified atom stereocenters. The quantitative estimate of drug-likeness (QED) is 0.890. The van der Waals surface area contributed by atoms with Gasteiger partial charge in [0.05, 0.1) is 13.5 Å². The molecular formula is C14H19FN2O2. The predicted octanol–water partition coefficient (Wildman–Crippen LogP) is 1.18. The lowest BCUT2D eigenvalue weighted by atomic mass is 10.1. The fraction of sp³-hybridized carbons (Fsp3) is 0.500. The van der Waals surface area contributed by atoms with Gasteiger partial charge in [-0.2, -0.15) is 0 Å². The Hall–Kier alpha value is -1.62. The van der Waals surface area contributed by atoms with Crippen molar-refractivity contribution in [3.63, 3.8) is 0 Å². The molecule has 4 nitrogen and oxygen atoms in total. The first-order valence-electron chi connectivity index (χ1n) is 6.44. The topological polar surface area (TPSA) is 55.6 Å². The van der Waals surface area contributed by atoms with Crippen LogP contribution in [0.1, 0.15) is 12.0 Å². The van der Waals surface area contributed by atoms with Crippen LogP contribution in [0.15, 0.2) is 18.2 Å². The molecule has 1 aromatic rings. The average molecular weight is 266 g/mol. The van der Waals surface area contributed by atoms with Crippen LogP contribution in [-0.4, -0.2) is 37.6 Å². The molecule has 1 aliphatic rings. The number of carbonyl (C=O) groups excluding carboxylic acids is 1. The van der Waals surface area contributed by atoms with E-state index in [1.54, 1.807) is 17.0 Å². The van der Waals surface area contributed by atoms with E-state index < -0.39 is 5.82 Å². The first-order chi connectivity index (χ1) is 9.13. The highest BCUT2D eigenvalue weighted by molar-refractivity contribution is 5.79. The number of nitrogens with two attached hydrogens (primary N) is 1. The summed E-state index contributed by atoms with van der Waals surface area (Å²) in [6.07, 6.45) is 1.18. The largest absolute Gasteiger partial charge is 0.494 e. The molecule has 1 aliphatic heterocycles. The van der Waals surface area contributed by atoms with Crippen LogP contribution < -0.4 is 10.5 Å². The zero-order chi connectivity index (χ0) is 13.8. The summed E-state index contributed by atoms with van der Waals surface area (Å²) in [7, 11) is 1.42. The number of carbonyl (C=O) groups is 1. The standard InChI is InChI=1S/C14H19FN2O2/c1-19-13-3-2-10(6-12(13)15)7-14(18)17-5-4-11(8-16)9-17/h2-3,6,11H,4-5,7-9,16H2,1H3. The van der Waals surface area contributed by atoms with Gasteiger partial charge in [-0.3, -0.25) is 4.79 Å². The van der Waals surface area contributed by atoms with E-state index in [1.165, 1.54) is 13.2 Å². The van der Waals surface area contributed by atoms with Gasteiger partial charge in [0.25, 0.3) is 0 Å². The third-order valence-electron chi connectivity index (χ3n) is 3.54. The summed E-state index contributed by atoms with van der Waals surface area (Å²) in [5, 5.41) is 0. The summed E-state index contributed by atoms with van der Waals surface area (Å²) in [5.74, 6) is 0.187. The Morgan fingerprint density at radius 2 is 2.37 bits per heavy atom. The van der Waals surface area contributed by atoms with Gasteiger partial charge in [0.2, 0.25) is 5.91 Å². The number of hydrogen-bond donors (Lipinski definition) is 1. The van der Waals surface area contributed by atoms with Crippen LogP contribution >= 0.6 is 0 Å². The third kappa shape index (κ3) is 3.23. The molecule has 0 aliphatic carbocycles. The molecule has 0 bridgehead atoms. The normalized spacial score (nSPS) is 18.7. The van der Waals surface area contributed by atoms with Crippen LogP contribution in [0.2, 0.25) is 0 Å². The minimum absolute atomic E-state index is 0.0283. The van der Waals surface area contributed by atoms with Crippen molar-refractivity contribution in [2.24, 2.45) is 11.7 Å². The Bertz CT molecular complexity index is 465. The van der Waals surface area contributed by atoms with Crippen LogP contribution in [0.25, 0.3) is 0 Å². The van der Waals surface area contributed by atoms with Gasteiger partial charge < -0.3 is 15.4 Å². The van der Waals surface area contributed by atoms with E-state index in [2.05, 4.69) is 0 Å². The molecule has 1 amide bonds. The third-order valence-corrected chi connectivity index (χ3v) is 3.54. The van der Waals surface area contributed by atoms with Gasteiger partial charge in [-0.15, -0.1) is 0 Å². The van der Waals surface area contributed by atoms with Crippen LogP contribution in [0.5, 0.6) is 5.75 Å². The van der Waals surface area contributed by atoms with Crippen LogP contribution in [-0.2, 0) is 11.2 Å². The van der Waals surface area contributed by atoms with Gasteiger partial charge in [-0.1, -0.05) is 6.07 Å². The number of halogens is 1. The molecule has 104 valence electrons. The second-order valence-corrected chi connectivity index (χ2v) is 4.88. The maximum Gasteiger partial charge on any atom is 0.227 e. The molecule has 5 heteroatoms. The predicted molar refractivity (Wildman–Crippen MR) is 70.4 cm³/mol. The first-order valence-corrected chi connectivity index (χ1v) is 6.44. The van der Waals surface area contributed by atoms with Crippen molar-refractivity contribution in [1.29, 1.82) is 0 Å². The lowest BCUT2D eigenvalue weighted by Crippen LogP contribution is -2.31. The molecule has 0 saturated carbocycles. The van der Waals surface area contributed by atoms with Gasteiger partial charge in [0, 0.05) is 13.1 Å². The number of methoxy groups -OCH3 is 1. The van der Waals surface area contributed by atoms with E-state index >= 15 is 0 Å². The monoisotopic (exact) mass is 266 g/mol. The first kappa shape index (κ1) is 13.8. The summed E-state index contributed by atoms with van der Waals surface area (Å²) in [4.78, 5) is 13.9. The molecule has 0 radical (unpaired) electrons. The highest BCUT2D eigenvalue weighted by Gasteiger charge is 2.25. The van der Waals surface area contributed by atoms with E-state index in [9.17, 15) is 9.18 Å². The van der Waals surface area contributed by atoms with Gasteiger partial charge >= 0.3 is 0 Å². The van der Waals surface area contributed by atoms with Crippen LogP contribution in [0, 0.1) is 11.7 Å². The van der Waals surface area contributed by atoms with Gasteiger partial charge in [-0.25, -0.2) is 4.39 Å². The summed E-state index contributed by atoms with van der Waals surface area (Å²) in [6, 6.07) is 4.62. The SMILES string of the molecule is COc1ccc(CC(=O)N2CCC(CN)C2)cc1F. The Balaban J connectivity index is 1.97. The number of hydrogen-bond acceptors (Lipinski definition) is 3. The van der Waals surface area contributed by atoms with Crippen molar-refractivity contribution in [1.82, 2.24) is 4.90 Å². The summed E-state index contributed by atoms with van der Waals surface area (Å²) < 4.78 is 18.4. The van der Waals surface area contributed by atoms with Crippen LogP contribution in [0.4, 0.5) is 4.39 Å². The molecule has 2 N–H and O–H groups in total. The molecular weight excluding hydrogens is 247 g/mol. The maximum atomic E-state index is 13.5. The Morgan fingerprint density at radius 3 is 2.95 bits per heavy atom. The second kappa shape index (κ2) is 6.02. The Morgan fingerprint density at radius 1 is 1.58 bits per heavy atom. The highest BCUT2D eigenvalue weighted by atomic mass is 19.1. The fourth-order valence-electron chi connectivity index (χ4n) is 2.36. The van der Waals surface area contributed by atoms with Gasteiger partial charge in [0.1, 0.15) is 0 Å². The maximum absolute atomic E-state index is 13.5. The molecule has 0 spiro atoms. The second-order valence-electron chi connectivity index (χ2n) is 4.88. The summed E-state index contributed by atoms with van der Waals surface area (Å²) >= 11 is 0.